The van der Waals surface area contributed by atoms with Crippen molar-refractivity contribution in [2.75, 3.05) is 19.8 Å². The fraction of sp³-hybridized carbons (Fsp3) is 0.938. The van der Waals surface area contributed by atoms with Gasteiger partial charge in [0.2, 0.25) is 5.91 Å². The minimum atomic E-state index is -0.573. The Kier molecular flexibility index (Phi) is 7.10. The van der Waals surface area contributed by atoms with Gasteiger partial charge in [0, 0.05) is 12.6 Å². The lowest BCUT2D eigenvalue weighted by atomic mass is 9.94. The Bertz CT molecular complexity index is 324. The number of ether oxygens (including phenoxy) is 2. The number of rotatable bonds is 11. The van der Waals surface area contributed by atoms with Crippen molar-refractivity contribution in [3.63, 3.8) is 0 Å². The third-order valence-corrected chi connectivity index (χ3v) is 3.62. The maximum atomic E-state index is 11.6. The molecule has 1 fully saturated rings. The molecule has 0 saturated heterocycles. The van der Waals surface area contributed by atoms with E-state index in [2.05, 4.69) is 5.32 Å². The first-order valence-corrected chi connectivity index (χ1v) is 8.02. The van der Waals surface area contributed by atoms with E-state index in [0.717, 1.165) is 32.1 Å². The monoisotopic (exact) mass is 300 g/mol. The van der Waals surface area contributed by atoms with Crippen LogP contribution >= 0.6 is 0 Å². The second-order valence-corrected chi connectivity index (χ2v) is 7.15. The maximum absolute atomic E-state index is 11.6. The molecule has 0 bridgehead atoms. The van der Waals surface area contributed by atoms with Gasteiger partial charge in [-0.25, -0.2) is 0 Å². The zero-order valence-electron chi connectivity index (χ0n) is 14.0. The molecule has 0 aliphatic heterocycles. The van der Waals surface area contributed by atoms with Gasteiger partial charge in [-0.05, 0) is 59.8 Å². The summed E-state index contributed by atoms with van der Waals surface area (Å²) in [6.07, 6.45) is 4.93. The largest absolute Gasteiger partial charge is 0.379 e. The van der Waals surface area contributed by atoms with Crippen molar-refractivity contribution in [3.8, 4) is 0 Å². The molecule has 0 aromatic rings. The molecule has 0 spiro atoms. The van der Waals surface area contributed by atoms with Crippen molar-refractivity contribution >= 4 is 5.91 Å². The molecule has 21 heavy (non-hydrogen) atoms. The number of amides is 1. The highest BCUT2D eigenvalue weighted by atomic mass is 16.5. The number of nitrogens with two attached hydrogens (primary N) is 1. The molecule has 1 aliphatic carbocycles. The zero-order valence-corrected chi connectivity index (χ0v) is 14.0. The predicted molar refractivity (Wildman–Crippen MR) is 84.1 cm³/mol. The van der Waals surface area contributed by atoms with Gasteiger partial charge >= 0.3 is 0 Å². The van der Waals surface area contributed by atoms with Crippen LogP contribution in [0.15, 0.2) is 0 Å². The van der Waals surface area contributed by atoms with Gasteiger partial charge < -0.3 is 20.5 Å². The average Bonchev–Trinajstić information content (AvgIpc) is 3.14. The maximum Gasteiger partial charge on any atom is 0.237 e. The van der Waals surface area contributed by atoms with E-state index in [1.165, 1.54) is 0 Å². The fourth-order valence-electron chi connectivity index (χ4n) is 2.14. The van der Waals surface area contributed by atoms with Crippen molar-refractivity contribution in [1.29, 1.82) is 0 Å². The van der Waals surface area contributed by atoms with E-state index < -0.39 is 5.54 Å². The molecule has 1 amide bonds. The summed E-state index contributed by atoms with van der Waals surface area (Å²) in [6.45, 7) is 9.94. The van der Waals surface area contributed by atoms with Crippen LogP contribution in [0.1, 0.15) is 59.8 Å². The molecule has 1 aliphatic rings. The molecule has 1 rings (SSSR count). The molecular formula is C16H32N2O3. The van der Waals surface area contributed by atoms with Crippen molar-refractivity contribution in [3.05, 3.63) is 0 Å². The molecule has 1 atom stereocenters. The van der Waals surface area contributed by atoms with Crippen LogP contribution in [0.25, 0.3) is 0 Å². The molecule has 0 heterocycles. The highest BCUT2D eigenvalue weighted by Crippen LogP contribution is 2.25. The lowest BCUT2D eigenvalue weighted by molar-refractivity contribution is -0.124. The molecular weight excluding hydrogens is 268 g/mol. The Morgan fingerprint density at radius 2 is 1.81 bits per heavy atom. The molecule has 124 valence electrons. The van der Waals surface area contributed by atoms with Crippen molar-refractivity contribution in [2.45, 2.75) is 77.0 Å². The van der Waals surface area contributed by atoms with Crippen LogP contribution < -0.4 is 11.1 Å². The molecule has 1 unspecified atom stereocenters. The lowest BCUT2D eigenvalue weighted by Crippen LogP contribution is -2.53. The van der Waals surface area contributed by atoms with Gasteiger partial charge in [0.15, 0.2) is 0 Å². The van der Waals surface area contributed by atoms with E-state index >= 15 is 0 Å². The van der Waals surface area contributed by atoms with Gasteiger partial charge in [-0.15, -0.1) is 0 Å². The number of primary amides is 1. The minimum Gasteiger partial charge on any atom is -0.379 e. The Morgan fingerprint density at radius 1 is 1.14 bits per heavy atom. The van der Waals surface area contributed by atoms with Gasteiger partial charge in [-0.2, -0.15) is 0 Å². The SMILES string of the molecule is CC(C)(C)OCCOCCCCC(C)(NC1CC1)C(N)=O. The third-order valence-electron chi connectivity index (χ3n) is 3.62. The number of hydrogen-bond donors (Lipinski definition) is 2. The van der Waals surface area contributed by atoms with Crippen LogP contribution in [0, 0.1) is 0 Å². The highest BCUT2D eigenvalue weighted by Gasteiger charge is 2.36. The summed E-state index contributed by atoms with van der Waals surface area (Å²) in [5.41, 5.74) is 4.84. The Balaban J connectivity index is 2.05. The first-order valence-electron chi connectivity index (χ1n) is 8.02. The van der Waals surface area contributed by atoms with Gasteiger partial charge in [0.25, 0.3) is 0 Å². The first kappa shape index (κ1) is 18.4. The van der Waals surface area contributed by atoms with Crippen LogP contribution in [0.5, 0.6) is 0 Å². The normalized spacial score (nSPS) is 18.5. The lowest BCUT2D eigenvalue weighted by Gasteiger charge is -2.27. The summed E-state index contributed by atoms with van der Waals surface area (Å²) < 4.78 is 11.1. The molecule has 5 heteroatoms. The van der Waals surface area contributed by atoms with E-state index in [4.69, 9.17) is 15.2 Å². The van der Waals surface area contributed by atoms with Crippen LogP contribution in [0.4, 0.5) is 0 Å². The molecule has 0 aromatic heterocycles. The summed E-state index contributed by atoms with van der Waals surface area (Å²) in [5.74, 6) is -0.256. The molecule has 3 N–H and O–H groups in total. The quantitative estimate of drug-likeness (QED) is 0.572. The fourth-order valence-corrected chi connectivity index (χ4v) is 2.14. The second-order valence-electron chi connectivity index (χ2n) is 7.15. The number of carbonyl (C=O) groups excluding carboxylic acids is 1. The summed E-state index contributed by atoms with van der Waals surface area (Å²) in [4.78, 5) is 11.6. The summed E-state index contributed by atoms with van der Waals surface area (Å²) in [6, 6.07) is 0.480. The molecule has 5 nitrogen and oxygen atoms in total. The molecule has 0 radical (unpaired) electrons. The van der Waals surface area contributed by atoms with E-state index in [9.17, 15) is 4.79 Å². The topological polar surface area (TPSA) is 73.6 Å². The zero-order chi connectivity index (χ0) is 15.9. The average molecular weight is 300 g/mol. The summed E-state index contributed by atoms with van der Waals surface area (Å²) in [5, 5.41) is 3.36. The van der Waals surface area contributed by atoms with E-state index in [1.54, 1.807) is 0 Å². The number of nitrogens with one attached hydrogen (secondary N) is 1. The third kappa shape index (κ3) is 8.39. The van der Waals surface area contributed by atoms with Crippen molar-refractivity contribution in [1.82, 2.24) is 5.32 Å². The van der Waals surface area contributed by atoms with Gasteiger partial charge in [-0.3, -0.25) is 4.79 Å². The van der Waals surface area contributed by atoms with Gasteiger partial charge in [-0.1, -0.05) is 0 Å². The smallest absolute Gasteiger partial charge is 0.237 e. The summed E-state index contributed by atoms with van der Waals surface area (Å²) in [7, 11) is 0. The predicted octanol–water partition coefficient (Wildman–Crippen LogP) is 1.98. The van der Waals surface area contributed by atoms with Crippen LogP contribution in [-0.4, -0.2) is 42.9 Å². The van der Waals surface area contributed by atoms with E-state index in [1.807, 2.05) is 27.7 Å². The van der Waals surface area contributed by atoms with E-state index in [0.29, 0.717) is 25.9 Å². The Morgan fingerprint density at radius 3 is 2.33 bits per heavy atom. The van der Waals surface area contributed by atoms with Crippen molar-refractivity contribution in [2.24, 2.45) is 5.73 Å². The number of hydrogen-bond acceptors (Lipinski definition) is 4. The highest BCUT2D eigenvalue weighted by molar-refractivity contribution is 5.84. The Labute approximate surface area is 128 Å². The minimum absolute atomic E-state index is 0.110. The second kappa shape index (κ2) is 8.11. The standard InChI is InChI=1S/C16H32N2O3/c1-15(2,3)21-12-11-20-10-6-5-9-16(4,14(17)19)18-13-7-8-13/h13,18H,5-12H2,1-4H3,(H2,17,19). The van der Waals surface area contributed by atoms with Gasteiger partial charge in [0.1, 0.15) is 0 Å². The number of carbonyl (C=O) groups is 1. The number of unbranched alkanes of at least 4 members (excludes halogenated alkanes) is 1. The van der Waals surface area contributed by atoms with E-state index in [-0.39, 0.29) is 11.5 Å². The van der Waals surface area contributed by atoms with Crippen LogP contribution in [-0.2, 0) is 14.3 Å². The van der Waals surface area contributed by atoms with Crippen LogP contribution in [0.2, 0.25) is 0 Å². The van der Waals surface area contributed by atoms with Crippen molar-refractivity contribution < 1.29 is 14.3 Å². The van der Waals surface area contributed by atoms with Gasteiger partial charge in [0.05, 0.1) is 24.4 Å². The Hall–Kier alpha value is -0.650. The summed E-state index contributed by atoms with van der Waals surface area (Å²) >= 11 is 0. The molecule has 0 aromatic carbocycles. The van der Waals surface area contributed by atoms with Crippen LogP contribution in [0.3, 0.4) is 0 Å². The molecule has 1 saturated carbocycles. The first-order chi connectivity index (χ1) is 9.73.